The summed E-state index contributed by atoms with van der Waals surface area (Å²) < 4.78 is 0. The molecular weight excluding hydrogens is 238 g/mol. The van der Waals surface area contributed by atoms with Crippen LogP contribution in [0.2, 0.25) is 0 Å². The monoisotopic (exact) mass is 259 g/mol. The Morgan fingerprint density at radius 3 is 2.47 bits per heavy atom. The molecule has 2 fully saturated rings. The Bertz CT molecular complexity index is 451. The minimum atomic E-state index is -0.721. The molecule has 1 saturated heterocycles. The standard InChI is InChI=1S/C16H21NO2/c18-15(19)14(13-6-2-1-3-7-13)17-11-10-16(12-17)8-4-5-9-16/h1-3,6-7,14H,4-5,8-12H2,(H,18,19). The highest BCUT2D eigenvalue weighted by molar-refractivity contribution is 5.75. The van der Waals surface area contributed by atoms with Gasteiger partial charge in [-0.3, -0.25) is 9.69 Å². The summed E-state index contributed by atoms with van der Waals surface area (Å²) in [4.78, 5) is 13.8. The maximum atomic E-state index is 11.6. The number of rotatable bonds is 3. The Morgan fingerprint density at radius 2 is 1.84 bits per heavy atom. The maximum Gasteiger partial charge on any atom is 0.325 e. The number of benzene rings is 1. The minimum Gasteiger partial charge on any atom is -0.480 e. The van der Waals surface area contributed by atoms with Crippen LogP contribution in [0.4, 0.5) is 0 Å². The molecule has 2 aliphatic rings. The van der Waals surface area contributed by atoms with Crippen LogP contribution in [-0.2, 0) is 4.79 Å². The van der Waals surface area contributed by atoms with Gasteiger partial charge in [0.05, 0.1) is 0 Å². The average molecular weight is 259 g/mol. The van der Waals surface area contributed by atoms with Gasteiger partial charge < -0.3 is 5.11 Å². The van der Waals surface area contributed by atoms with Crippen LogP contribution < -0.4 is 0 Å². The van der Waals surface area contributed by atoms with Gasteiger partial charge in [-0.15, -0.1) is 0 Å². The van der Waals surface area contributed by atoms with Crippen LogP contribution in [0.3, 0.4) is 0 Å². The van der Waals surface area contributed by atoms with Crippen molar-refractivity contribution in [3.8, 4) is 0 Å². The summed E-state index contributed by atoms with van der Waals surface area (Å²) in [6, 6.07) is 9.17. The van der Waals surface area contributed by atoms with Crippen molar-refractivity contribution in [2.24, 2.45) is 5.41 Å². The van der Waals surface area contributed by atoms with Crippen molar-refractivity contribution < 1.29 is 9.90 Å². The predicted octanol–water partition coefficient (Wildman–Crippen LogP) is 3.08. The number of carbonyl (C=O) groups is 1. The Hall–Kier alpha value is -1.35. The molecule has 1 heterocycles. The van der Waals surface area contributed by atoms with E-state index < -0.39 is 12.0 Å². The van der Waals surface area contributed by atoms with Crippen molar-refractivity contribution in [2.45, 2.75) is 38.1 Å². The van der Waals surface area contributed by atoms with Crippen molar-refractivity contribution in [2.75, 3.05) is 13.1 Å². The second kappa shape index (κ2) is 4.97. The van der Waals surface area contributed by atoms with E-state index in [-0.39, 0.29) is 0 Å². The number of hydrogen-bond acceptors (Lipinski definition) is 2. The van der Waals surface area contributed by atoms with Crippen molar-refractivity contribution >= 4 is 5.97 Å². The first kappa shape index (κ1) is 12.7. The van der Waals surface area contributed by atoms with Gasteiger partial charge in [-0.05, 0) is 36.8 Å². The lowest BCUT2D eigenvalue weighted by molar-refractivity contribution is -0.143. The fourth-order valence-electron chi connectivity index (χ4n) is 3.87. The van der Waals surface area contributed by atoms with E-state index in [1.807, 2.05) is 30.3 Å². The first-order valence-electron chi connectivity index (χ1n) is 7.22. The topological polar surface area (TPSA) is 40.5 Å². The molecule has 1 N–H and O–H groups in total. The molecule has 1 aromatic rings. The van der Waals surface area contributed by atoms with Crippen molar-refractivity contribution in [1.82, 2.24) is 4.90 Å². The summed E-state index contributed by atoms with van der Waals surface area (Å²) >= 11 is 0. The normalized spacial score (nSPS) is 23.8. The Morgan fingerprint density at radius 1 is 1.16 bits per heavy atom. The molecular formula is C16H21NO2. The summed E-state index contributed by atoms with van der Waals surface area (Å²) in [5, 5.41) is 9.58. The van der Waals surface area contributed by atoms with Crippen LogP contribution in [0.15, 0.2) is 30.3 Å². The van der Waals surface area contributed by atoms with Crippen LogP contribution >= 0.6 is 0 Å². The van der Waals surface area contributed by atoms with E-state index >= 15 is 0 Å². The van der Waals surface area contributed by atoms with Gasteiger partial charge in [-0.1, -0.05) is 43.2 Å². The summed E-state index contributed by atoms with van der Waals surface area (Å²) in [5.74, 6) is -0.721. The zero-order chi connectivity index (χ0) is 13.3. The summed E-state index contributed by atoms with van der Waals surface area (Å²) in [6.07, 6.45) is 6.37. The summed E-state index contributed by atoms with van der Waals surface area (Å²) in [6.45, 7) is 1.88. The summed E-state index contributed by atoms with van der Waals surface area (Å²) in [5.41, 5.74) is 1.33. The first-order valence-corrected chi connectivity index (χ1v) is 7.22. The highest BCUT2D eigenvalue weighted by Crippen LogP contribution is 2.47. The molecule has 1 aromatic carbocycles. The SMILES string of the molecule is O=C(O)C(c1ccccc1)N1CCC2(CCCC2)C1. The van der Waals surface area contributed by atoms with Gasteiger partial charge in [-0.25, -0.2) is 0 Å². The molecule has 1 aliphatic heterocycles. The molecule has 3 nitrogen and oxygen atoms in total. The first-order chi connectivity index (χ1) is 9.20. The van der Waals surface area contributed by atoms with Gasteiger partial charge in [0.1, 0.15) is 6.04 Å². The quantitative estimate of drug-likeness (QED) is 0.907. The third-order valence-electron chi connectivity index (χ3n) is 4.85. The Kier molecular flexibility index (Phi) is 3.31. The number of hydrogen-bond donors (Lipinski definition) is 1. The number of nitrogens with zero attached hydrogens (tertiary/aromatic N) is 1. The molecule has 1 spiro atoms. The lowest BCUT2D eigenvalue weighted by Crippen LogP contribution is -2.34. The van der Waals surface area contributed by atoms with Crippen LogP contribution in [0.5, 0.6) is 0 Å². The molecule has 0 aromatic heterocycles. The van der Waals surface area contributed by atoms with E-state index in [0.29, 0.717) is 5.41 Å². The van der Waals surface area contributed by atoms with E-state index in [1.165, 1.54) is 32.1 Å². The Balaban J connectivity index is 1.81. The smallest absolute Gasteiger partial charge is 0.325 e. The van der Waals surface area contributed by atoms with Crippen LogP contribution in [0.25, 0.3) is 0 Å². The molecule has 3 heteroatoms. The number of aliphatic carboxylic acids is 1. The molecule has 19 heavy (non-hydrogen) atoms. The number of carboxylic acid groups (broad SMARTS) is 1. The van der Waals surface area contributed by atoms with Gasteiger partial charge in [0, 0.05) is 6.54 Å². The van der Waals surface area contributed by atoms with Gasteiger partial charge >= 0.3 is 5.97 Å². The lowest BCUT2D eigenvalue weighted by atomic mass is 9.85. The van der Waals surface area contributed by atoms with Crippen LogP contribution in [-0.4, -0.2) is 29.1 Å². The van der Waals surface area contributed by atoms with Gasteiger partial charge in [0.15, 0.2) is 0 Å². The van der Waals surface area contributed by atoms with Crippen molar-refractivity contribution in [3.05, 3.63) is 35.9 Å². The van der Waals surface area contributed by atoms with Crippen molar-refractivity contribution in [3.63, 3.8) is 0 Å². The molecule has 102 valence electrons. The molecule has 0 radical (unpaired) electrons. The van der Waals surface area contributed by atoms with E-state index in [1.54, 1.807) is 0 Å². The molecule has 0 bridgehead atoms. The maximum absolute atomic E-state index is 11.6. The van der Waals surface area contributed by atoms with E-state index in [4.69, 9.17) is 0 Å². The second-order valence-corrected chi connectivity index (χ2v) is 6.08. The fourth-order valence-corrected chi connectivity index (χ4v) is 3.87. The van der Waals surface area contributed by atoms with Gasteiger partial charge in [0.25, 0.3) is 0 Å². The number of carboxylic acids is 1. The molecule has 1 saturated carbocycles. The third-order valence-corrected chi connectivity index (χ3v) is 4.85. The minimum absolute atomic E-state index is 0.419. The highest BCUT2D eigenvalue weighted by atomic mass is 16.4. The van der Waals surface area contributed by atoms with E-state index in [2.05, 4.69) is 4.90 Å². The van der Waals surface area contributed by atoms with Crippen LogP contribution in [0.1, 0.15) is 43.7 Å². The van der Waals surface area contributed by atoms with E-state index in [9.17, 15) is 9.90 Å². The fraction of sp³-hybridized carbons (Fsp3) is 0.562. The molecule has 0 amide bonds. The second-order valence-electron chi connectivity index (χ2n) is 6.08. The largest absolute Gasteiger partial charge is 0.480 e. The number of likely N-dealkylation sites (tertiary alicyclic amines) is 1. The zero-order valence-corrected chi connectivity index (χ0v) is 11.2. The zero-order valence-electron chi connectivity index (χ0n) is 11.2. The van der Waals surface area contributed by atoms with E-state index in [0.717, 1.165) is 18.7 Å². The molecule has 1 aliphatic carbocycles. The van der Waals surface area contributed by atoms with Crippen molar-refractivity contribution in [1.29, 1.82) is 0 Å². The lowest BCUT2D eigenvalue weighted by Gasteiger charge is -2.27. The Labute approximate surface area is 114 Å². The van der Waals surface area contributed by atoms with Crippen LogP contribution in [0, 0.1) is 5.41 Å². The predicted molar refractivity (Wildman–Crippen MR) is 73.9 cm³/mol. The third kappa shape index (κ3) is 2.39. The molecule has 3 rings (SSSR count). The average Bonchev–Trinajstić information content (AvgIpc) is 3.02. The highest BCUT2D eigenvalue weighted by Gasteiger charge is 2.43. The molecule has 1 unspecified atom stereocenters. The van der Waals surface area contributed by atoms with Gasteiger partial charge in [0.2, 0.25) is 0 Å². The summed E-state index contributed by atoms with van der Waals surface area (Å²) in [7, 11) is 0. The van der Waals surface area contributed by atoms with Gasteiger partial charge in [-0.2, -0.15) is 0 Å². The molecule has 1 atom stereocenters.